The van der Waals surface area contributed by atoms with E-state index in [9.17, 15) is 14.4 Å². The summed E-state index contributed by atoms with van der Waals surface area (Å²) in [6.07, 6.45) is 0.848. The Morgan fingerprint density at radius 1 is 1.04 bits per heavy atom. The Morgan fingerprint density at radius 3 is 2.04 bits per heavy atom. The van der Waals surface area contributed by atoms with Crippen molar-refractivity contribution in [3.63, 3.8) is 0 Å². The maximum atomic E-state index is 12.6. The summed E-state index contributed by atoms with van der Waals surface area (Å²) >= 11 is 0. The summed E-state index contributed by atoms with van der Waals surface area (Å²) in [5.74, 6) is -0.393. The first-order chi connectivity index (χ1) is 10.7. The van der Waals surface area contributed by atoms with Crippen LogP contribution in [0.15, 0.2) is 0 Å². The van der Waals surface area contributed by atoms with Gasteiger partial charge in [-0.15, -0.1) is 0 Å². The van der Waals surface area contributed by atoms with E-state index in [0.29, 0.717) is 32.7 Å². The number of rotatable bonds is 6. The van der Waals surface area contributed by atoms with Gasteiger partial charge >= 0.3 is 0 Å². The van der Waals surface area contributed by atoms with Crippen LogP contribution in [0, 0.1) is 5.41 Å². The van der Waals surface area contributed by atoms with Gasteiger partial charge in [0.1, 0.15) is 5.41 Å². The van der Waals surface area contributed by atoms with E-state index in [4.69, 9.17) is 0 Å². The molecule has 1 heterocycles. The van der Waals surface area contributed by atoms with Crippen LogP contribution in [-0.4, -0.2) is 85.8 Å². The van der Waals surface area contributed by atoms with E-state index in [2.05, 4.69) is 10.2 Å². The molecule has 3 amide bonds. The van der Waals surface area contributed by atoms with Crippen molar-refractivity contribution in [3.05, 3.63) is 0 Å². The molecule has 1 rings (SSSR count). The van der Waals surface area contributed by atoms with Crippen LogP contribution in [0.3, 0.4) is 0 Å². The molecule has 1 N–H and O–H groups in total. The molecular weight excluding hydrogens is 296 g/mol. The molecule has 0 radical (unpaired) electrons. The number of hydrogen-bond acceptors (Lipinski definition) is 4. The van der Waals surface area contributed by atoms with Crippen molar-refractivity contribution in [2.24, 2.45) is 5.41 Å². The van der Waals surface area contributed by atoms with Crippen LogP contribution in [0.4, 0.5) is 0 Å². The molecule has 0 saturated carbocycles. The number of nitrogens with zero attached hydrogens (tertiary/aromatic N) is 3. The number of carbonyl (C=O) groups is 3. The van der Waals surface area contributed by atoms with Gasteiger partial charge in [0.05, 0.1) is 0 Å². The Bertz CT molecular complexity index is 441. The van der Waals surface area contributed by atoms with E-state index in [-0.39, 0.29) is 17.7 Å². The number of amides is 3. The van der Waals surface area contributed by atoms with Crippen molar-refractivity contribution >= 4 is 17.7 Å². The minimum absolute atomic E-state index is 0.0231. The van der Waals surface area contributed by atoms with Crippen molar-refractivity contribution in [2.45, 2.75) is 27.2 Å². The van der Waals surface area contributed by atoms with Crippen LogP contribution in [0.2, 0.25) is 0 Å². The van der Waals surface area contributed by atoms with Gasteiger partial charge in [0.25, 0.3) is 0 Å². The molecule has 23 heavy (non-hydrogen) atoms. The second-order valence-corrected chi connectivity index (χ2v) is 6.84. The van der Waals surface area contributed by atoms with Crippen molar-refractivity contribution in [2.75, 3.05) is 53.4 Å². The number of piperazine rings is 1. The largest absolute Gasteiger partial charge is 0.355 e. The molecule has 132 valence electrons. The van der Waals surface area contributed by atoms with Gasteiger partial charge in [-0.3, -0.25) is 14.4 Å². The highest BCUT2D eigenvalue weighted by Crippen LogP contribution is 2.20. The van der Waals surface area contributed by atoms with Crippen LogP contribution in [0.5, 0.6) is 0 Å². The molecule has 0 atom stereocenters. The van der Waals surface area contributed by atoms with Gasteiger partial charge in [-0.25, -0.2) is 0 Å². The Kier molecular flexibility index (Phi) is 7.00. The zero-order valence-corrected chi connectivity index (χ0v) is 15.0. The van der Waals surface area contributed by atoms with Gasteiger partial charge in [-0.05, 0) is 40.9 Å². The van der Waals surface area contributed by atoms with Crippen molar-refractivity contribution in [1.29, 1.82) is 0 Å². The van der Waals surface area contributed by atoms with Gasteiger partial charge < -0.3 is 20.0 Å². The molecular formula is C16H30N4O3. The van der Waals surface area contributed by atoms with E-state index in [1.54, 1.807) is 23.6 Å². The first-order valence-electron chi connectivity index (χ1n) is 8.14. The molecule has 1 aliphatic heterocycles. The molecule has 7 nitrogen and oxygen atoms in total. The van der Waals surface area contributed by atoms with Crippen LogP contribution >= 0.6 is 0 Å². The molecule has 0 bridgehead atoms. The molecule has 0 aliphatic carbocycles. The van der Waals surface area contributed by atoms with Crippen LogP contribution in [-0.2, 0) is 14.4 Å². The molecule has 0 unspecified atom stereocenters. The summed E-state index contributed by atoms with van der Waals surface area (Å²) in [7, 11) is 3.96. The van der Waals surface area contributed by atoms with E-state index in [0.717, 1.165) is 13.0 Å². The van der Waals surface area contributed by atoms with Crippen LogP contribution in [0.1, 0.15) is 27.2 Å². The zero-order chi connectivity index (χ0) is 17.6. The zero-order valence-electron chi connectivity index (χ0n) is 15.0. The topological polar surface area (TPSA) is 73.0 Å². The summed E-state index contributed by atoms with van der Waals surface area (Å²) < 4.78 is 0. The number of hydrogen-bond donors (Lipinski definition) is 1. The highest BCUT2D eigenvalue weighted by atomic mass is 16.2. The third-order valence-electron chi connectivity index (χ3n) is 4.18. The Labute approximate surface area is 139 Å². The molecule has 1 fully saturated rings. The van der Waals surface area contributed by atoms with Crippen LogP contribution in [0.25, 0.3) is 0 Å². The summed E-state index contributed by atoms with van der Waals surface area (Å²) in [4.78, 5) is 41.7. The number of nitrogens with one attached hydrogen (secondary N) is 1. The highest BCUT2D eigenvalue weighted by Gasteiger charge is 2.39. The third-order valence-corrected chi connectivity index (χ3v) is 4.18. The molecule has 1 saturated heterocycles. The van der Waals surface area contributed by atoms with Crippen molar-refractivity contribution in [3.8, 4) is 0 Å². The fraction of sp³-hybridized carbons (Fsp3) is 0.812. The standard InChI is InChI=1S/C16H30N4O3/c1-13(21)19-9-11-20(12-10-19)15(23)16(2,3)14(22)17-7-6-8-18(4)5/h6-12H2,1-5H3,(H,17,22). The average Bonchev–Trinajstić information content (AvgIpc) is 2.50. The van der Waals surface area contributed by atoms with Gasteiger partial charge in [-0.2, -0.15) is 0 Å². The van der Waals surface area contributed by atoms with Gasteiger partial charge in [-0.1, -0.05) is 0 Å². The van der Waals surface area contributed by atoms with E-state index < -0.39 is 5.41 Å². The average molecular weight is 326 g/mol. The fourth-order valence-electron chi connectivity index (χ4n) is 2.54. The smallest absolute Gasteiger partial charge is 0.237 e. The summed E-state index contributed by atoms with van der Waals surface area (Å²) in [5.41, 5.74) is -1.09. The molecule has 0 aromatic heterocycles. The maximum absolute atomic E-state index is 12.6. The normalized spacial score (nSPS) is 15.7. The lowest BCUT2D eigenvalue weighted by atomic mass is 9.90. The molecule has 0 aromatic carbocycles. The van der Waals surface area contributed by atoms with E-state index >= 15 is 0 Å². The lowest BCUT2D eigenvalue weighted by molar-refractivity contribution is -0.151. The second kappa shape index (κ2) is 8.29. The maximum Gasteiger partial charge on any atom is 0.237 e. The summed E-state index contributed by atoms with van der Waals surface area (Å²) in [6, 6.07) is 0. The summed E-state index contributed by atoms with van der Waals surface area (Å²) in [6.45, 7) is 8.33. The summed E-state index contributed by atoms with van der Waals surface area (Å²) in [5, 5.41) is 2.85. The molecule has 0 aromatic rings. The highest BCUT2D eigenvalue weighted by molar-refractivity contribution is 6.04. The van der Waals surface area contributed by atoms with E-state index in [1.807, 2.05) is 14.1 Å². The van der Waals surface area contributed by atoms with Gasteiger partial charge in [0.15, 0.2) is 0 Å². The fourth-order valence-corrected chi connectivity index (χ4v) is 2.54. The quantitative estimate of drug-likeness (QED) is 0.541. The Hall–Kier alpha value is -1.63. The molecule has 7 heteroatoms. The Balaban J connectivity index is 2.49. The minimum atomic E-state index is -1.09. The Morgan fingerprint density at radius 2 is 1.57 bits per heavy atom. The van der Waals surface area contributed by atoms with Crippen molar-refractivity contribution < 1.29 is 14.4 Å². The first-order valence-corrected chi connectivity index (χ1v) is 8.14. The van der Waals surface area contributed by atoms with Gasteiger partial charge in [0, 0.05) is 39.6 Å². The minimum Gasteiger partial charge on any atom is -0.355 e. The molecule has 0 spiro atoms. The van der Waals surface area contributed by atoms with Crippen molar-refractivity contribution in [1.82, 2.24) is 20.0 Å². The predicted molar refractivity (Wildman–Crippen MR) is 88.8 cm³/mol. The predicted octanol–water partition coefficient (Wildman–Crippen LogP) is -0.229. The lowest BCUT2D eigenvalue weighted by Crippen LogP contribution is -2.56. The number of carbonyl (C=O) groups excluding carboxylic acids is 3. The lowest BCUT2D eigenvalue weighted by Gasteiger charge is -2.37. The first kappa shape index (κ1) is 19.4. The molecule has 1 aliphatic rings. The monoisotopic (exact) mass is 326 g/mol. The van der Waals surface area contributed by atoms with Gasteiger partial charge in [0.2, 0.25) is 17.7 Å². The third kappa shape index (κ3) is 5.49. The van der Waals surface area contributed by atoms with E-state index in [1.165, 1.54) is 6.92 Å². The van der Waals surface area contributed by atoms with Crippen LogP contribution < -0.4 is 5.32 Å². The SMILES string of the molecule is CC(=O)N1CCN(C(=O)C(C)(C)C(=O)NCCCN(C)C)CC1. The second-order valence-electron chi connectivity index (χ2n) is 6.84.